The first kappa shape index (κ1) is 18.9. The average molecular weight is 407 g/mol. The predicted molar refractivity (Wildman–Crippen MR) is 113 cm³/mol. The van der Waals surface area contributed by atoms with Gasteiger partial charge in [0.25, 0.3) is 5.91 Å². The molecule has 1 saturated heterocycles. The molecule has 30 heavy (non-hydrogen) atoms. The lowest BCUT2D eigenvalue weighted by atomic mass is 9.73. The Labute approximate surface area is 175 Å². The van der Waals surface area contributed by atoms with Gasteiger partial charge in [-0.3, -0.25) is 9.69 Å². The lowest BCUT2D eigenvalue weighted by Gasteiger charge is -2.46. The van der Waals surface area contributed by atoms with E-state index in [1.54, 1.807) is 14.2 Å². The quantitative estimate of drug-likeness (QED) is 0.827. The van der Waals surface area contributed by atoms with Gasteiger partial charge in [-0.25, -0.2) is 4.99 Å². The molecule has 2 aromatic carbocycles. The molecule has 0 bridgehead atoms. The van der Waals surface area contributed by atoms with Gasteiger partial charge in [-0.2, -0.15) is 0 Å². The number of benzene rings is 2. The minimum Gasteiger partial charge on any atom is -0.497 e. The van der Waals surface area contributed by atoms with Crippen LogP contribution in [0.2, 0.25) is 0 Å². The molecule has 0 aromatic heterocycles. The van der Waals surface area contributed by atoms with Crippen molar-refractivity contribution in [2.24, 2.45) is 10.7 Å². The molecule has 2 N–H and O–H groups in total. The number of hydrogen-bond donors (Lipinski definition) is 1. The van der Waals surface area contributed by atoms with Crippen molar-refractivity contribution in [3.63, 3.8) is 0 Å². The van der Waals surface area contributed by atoms with E-state index >= 15 is 0 Å². The van der Waals surface area contributed by atoms with Crippen LogP contribution in [0.15, 0.2) is 47.5 Å². The van der Waals surface area contributed by atoms with Crippen LogP contribution in [0.4, 0.5) is 0 Å². The Bertz CT molecular complexity index is 1040. The molecule has 3 aliphatic heterocycles. The second-order valence-electron chi connectivity index (χ2n) is 8.21. The molecular formula is C23H25N3O4. The molecule has 7 nitrogen and oxygen atoms in total. The zero-order valence-corrected chi connectivity index (χ0v) is 17.2. The topological polar surface area (TPSA) is 86.4 Å². The number of methoxy groups -OCH3 is 1. The largest absolute Gasteiger partial charge is 0.497 e. The van der Waals surface area contributed by atoms with E-state index in [9.17, 15) is 4.79 Å². The van der Waals surface area contributed by atoms with Crippen LogP contribution < -0.4 is 15.2 Å². The fraction of sp³-hybridized carbons (Fsp3) is 0.391. The minimum absolute atomic E-state index is 0.113. The van der Waals surface area contributed by atoms with Crippen molar-refractivity contribution in [3.8, 4) is 22.6 Å². The lowest BCUT2D eigenvalue weighted by molar-refractivity contribution is -0.137. The van der Waals surface area contributed by atoms with Gasteiger partial charge in [-0.05, 0) is 35.4 Å². The predicted octanol–water partition coefficient (Wildman–Crippen LogP) is 2.68. The van der Waals surface area contributed by atoms with Crippen LogP contribution >= 0.6 is 0 Å². The maximum Gasteiger partial charge on any atom is 0.261 e. The Morgan fingerprint density at radius 3 is 2.60 bits per heavy atom. The summed E-state index contributed by atoms with van der Waals surface area (Å²) in [6.45, 7) is 1.22. The Morgan fingerprint density at radius 2 is 1.90 bits per heavy atom. The van der Waals surface area contributed by atoms with Gasteiger partial charge < -0.3 is 19.9 Å². The van der Waals surface area contributed by atoms with Crippen LogP contribution in [-0.4, -0.2) is 49.7 Å². The summed E-state index contributed by atoms with van der Waals surface area (Å²) in [6, 6.07) is 13.8. The highest BCUT2D eigenvalue weighted by molar-refractivity contribution is 6.07. The molecule has 7 heteroatoms. The summed E-state index contributed by atoms with van der Waals surface area (Å²) in [7, 11) is 3.32. The molecule has 1 fully saturated rings. The van der Waals surface area contributed by atoms with Crippen molar-refractivity contribution in [3.05, 3.63) is 48.0 Å². The van der Waals surface area contributed by atoms with Gasteiger partial charge >= 0.3 is 0 Å². The van der Waals surface area contributed by atoms with E-state index in [2.05, 4.69) is 0 Å². The number of likely N-dealkylation sites (N-methyl/N-ethyl adjacent to an activating group) is 1. The van der Waals surface area contributed by atoms with Gasteiger partial charge in [0.1, 0.15) is 17.1 Å². The molecule has 3 aliphatic rings. The Kier molecular flexibility index (Phi) is 4.25. The molecule has 1 atom stereocenters. The van der Waals surface area contributed by atoms with Crippen molar-refractivity contribution in [1.29, 1.82) is 0 Å². The fourth-order valence-corrected chi connectivity index (χ4v) is 4.77. The number of ether oxygens (including phenoxy) is 3. The maximum atomic E-state index is 13.5. The molecule has 2 spiro atoms. The number of rotatable bonds is 2. The molecular weight excluding hydrogens is 382 g/mol. The van der Waals surface area contributed by atoms with Crippen LogP contribution in [0.25, 0.3) is 11.1 Å². The number of guanidine groups is 1. The first-order valence-electron chi connectivity index (χ1n) is 10.2. The summed E-state index contributed by atoms with van der Waals surface area (Å²) in [6.07, 6.45) is 1.90. The third kappa shape index (κ3) is 2.76. The molecule has 156 valence electrons. The van der Waals surface area contributed by atoms with Gasteiger partial charge in [0, 0.05) is 31.9 Å². The van der Waals surface area contributed by atoms with E-state index in [0.717, 1.165) is 35.3 Å². The number of carbonyl (C=O) groups is 1. The van der Waals surface area contributed by atoms with Crippen molar-refractivity contribution < 1.29 is 19.0 Å². The number of hydrogen-bond acceptors (Lipinski definition) is 6. The van der Waals surface area contributed by atoms with Crippen molar-refractivity contribution in [2.75, 3.05) is 27.4 Å². The zero-order valence-electron chi connectivity index (χ0n) is 17.2. The zero-order chi connectivity index (χ0) is 20.9. The average Bonchev–Trinajstić information content (AvgIpc) is 2.98. The molecule has 3 heterocycles. The molecule has 0 radical (unpaired) electrons. The molecule has 0 saturated carbocycles. The molecule has 5 rings (SSSR count). The highest BCUT2D eigenvalue weighted by Crippen LogP contribution is 2.52. The summed E-state index contributed by atoms with van der Waals surface area (Å²) in [4.78, 5) is 19.6. The SMILES string of the molecule is COc1cccc(-c2ccc3c(c2)C2(CC4(CCOCC4)O3)N=C(N)N(C)C2=O)c1. The van der Waals surface area contributed by atoms with Crippen LogP contribution in [0.5, 0.6) is 11.5 Å². The van der Waals surface area contributed by atoms with Gasteiger partial charge in [-0.1, -0.05) is 18.2 Å². The van der Waals surface area contributed by atoms with Gasteiger partial charge in [0.15, 0.2) is 11.5 Å². The third-order valence-electron chi connectivity index (χ3n) is 6.44. The van der Waals surface area contributed by atoms with Crippen LogP contribution in [0.1, 0.15) is 24.8 Å². The van der Waals surface area contributed by atoms with Crippen molar-refractivity contribution >= 4 is 11.9 Å². The normalized spacial score (nSPS) is 24.5. The number of nitrogens with two attached hydrogens (primary N) is 1. The van der Waals surface area contributed by atoms with E-state index < -0.39 is 11.1 Å². The van der Waals surface area contributed by atoms with E-state index in [1.807, 2.05) is 42.5 Å². The Morgan fingerprint density at radius 1 is 1.13 bits per heavy atom. The molecule has 0 aliphatic carbocycles. The fourth-order valence-electron chi connectivity index (χ4n) is 4.77. The number of amides is 1. The van der Waals surface area contributed by atoms with Gasteiger partial charge in [0.05, 0.1) is 20.3 Å². The summed E-state index contributed by atoms with van der Waals surface area (Å²) in [5, 5.41) is 0. The minimum atomic E-state index is -1.07. The highest BCUT2D eigenvalue weighted by Gasteiger charge is 2.58. The third-order valence-corrected chi connectivity index (χ3v) is 6.44. The van der Waals surface area contributed by atoms with Crippen LogP contribution in [0, 0.1) is 0 Å². The van der Waals surface area contributed by atoms with Crippen molar-refractivity contribution in [2.45, 2.75) is 30.4 Å². The van der Waals surface area contributed by atoms with Gasteiger partial charge in [0.2, 0.25) is 0 Å². The second-order valence-corrected chi connectivity index (χ2v) is 8.21. The molecule has 2 aromatic rings. The standard InChI is InChI=1S/C23H25N3O4/c1-26-20(27)23(25-21(26)24)14-22(8-10-29-11-9-22)30-19-7-6-16(13-18(19)23)15-4-3-5-17(12-15)28-2/h3-7,12-13H,8-11,14H2,1-2H3,(H2,24,25). The number of carbonyl (C=O) groups excluding carboxylic acids is 1. The second kappa shape index (κ2) is 6.74. The summed E-state index contributed by atoms with van der Waals surface area (Å²) < 4.78 is 17.4. The molecule has 1 unspecified atom stereocenters. The van der Waals surface area contributed by atoms with Crippen LogP contribution in [0.3, 0.4) is 0 Å². The summed E-state index contributed by atoms with van der Waals surface area (Å²) >= 11 is 0. The monoisotopic (exact) mass is 407 g/mol. The number of aliphatic imine (C=N–C) groups is 1. The van der Waals surface area contributed by atoms with E-state index in [-0.39, 0.29) is 11.9 Å². The van der Waals surface area contributed by atoms with Crippen molar-refractivity contribution in [1.82, 2.24) is 4.90 Å². The van der Waals surface area contributed by atoms with Crippen LogP contribution in [-0.2, 0) is 15.1 Å². The first-order chi connectivity index (χ1) is 14.5. The Hall–Kier alpha value is -3.06. The molecule has 1 amide bonds. The van der Waals surface area contributed by atoms with Gasteiger partial charge in [-0.15, -0.1) is 0 Å². The highest BCUT2D eigenvalue weighted by atomic mass is 16.5. The number of nitrogens with zero attached hydrogens (tertiary/aromatic N) is 2. The summed E-state index contributed by atoms with van der Waals surface area (Å²) in [5.74, 6) is 1.59. The van der Waals surface area contributed by atoms with E-state index in [0.29, 0.717) is 25.4 Å². The van der Waals surface area contributed by atoms with E-state index in [1.165, 1.54) is 4.90 Å². The number of fused-ring (bicyclic) bond motifs is 2. The first-order valence-corrected chi connectivity index (χ1v) is 10.2. The van der Waals surface area contributed by atoms with E-state index in [4.69, 9.17) is 24.9 Å². The smallest absolute Gasteiger partial charge is 0.261 e. The summed E-state index contributed by atoms with van der Waals surface area (Å²) in [5.41, 5.74) is 7.28. The lowest BCUT2D eigenvalue weighted by Crippen LogP contribution is -2.53. The maximum absolute atomic E-state index is 13.5. The Balaban J connectivity index is 1.67.